The van der Waals surface area contributed by atoms with Crippen LogP contribution in [0.5, 0.6) is 5.75 Å². The van der Waals surface area contributed by atoms with Gasteiger partial charge >= 0.3 is 0 Å². The van der Waals surface area contributed by atoms with E-state index in [9.17, 15) is 19.6 Å². The van der Waals surface area contributed by atoms with E-state index < -0.39 is 10.7 Å². The molecule has 0 aliphatic heterocycles. The third-order valence-corrected chi connectivity index (χ3v) is 2.87. The van der Waals surface area contributed by atoms with Crippen LogP contribution in [0.25, 0.3) is 0 Å². The maximum atomic E-state index is 13.6. The Hall–Kier alpha value is -2.63. The number of nitro groups is 1. The molecule has 6 heteroatoms. The van der Waals surface area contributed by atoms with Gasteiger partial charge in [-0.05, 0) is 19.1 Å². The first-order chi connectivity index (χ1) is 9.47. The Labute approximate surface area is 114 Å². The van der Waals surface area contributed by atoms with Gasteiger partial charge in [0.2, 0.25) is 0 Å². The molecular weight excluding hydrogens is 263 g/mol. The molecule has 0 unspecified atom stereocenters. The minimum absolute atomic E-state index is 0.0279. The van der Waals surface area contributed by atoms with Crippen molar-refractivity contribution in [1.29, 1.82) is 0 Å². The van der Waals surface area contributed by atoms with Gasteiger partial charge in [-0.25, -0.2) is 4.39 Å². The lowest BCUT2D eigenvalue weighted by atomic mass is 10.1. The zero-order valence-corrected chi connectivity index (χ0v) is 10.8. The SMILES string of the molecule is Cc1ccc(O)c(CNc2cc([N+](=O)[O-])ccc2F)c1. The fourth-order valence-corrected chi connectivity index (χ4v) is 1.81. The summed E-state index contributed by atoms with van der Waals surface area (Å²) < 4.78 is 13.6. The number of anilines is 1. The maximum absolute atomic E-state index is 13.6. The fraction of sp³-hybridized carbons (Fsp3) is 0.143. The van der Waals surface area contributed by atoms with Crippen LogP contribution in [-0.4, -0.2) is 10.0 Å². The molecule has 0 aliphatic rings. The van der Waals surface area contributed by atoms with Crippen LogP contribution in [0.15, 0.2) is 36.4 Å². The highest BCUT2D eigenvalue weighted by atomic mass is 19.1. The molecule has 0 aromatic heterocycles. The third-order valence-electron chi connectivity index (χ3n) is 2.87. The van der Waals surface area contributed by atoms with Crippen LogP contribution in [0.4, 0.5) is 15.8 Å². The molecule has 0 radical (unpaired) electrons. The van der Waals surface area contributed by atoms with Gasteiger partial charge in [-0.2, -0.15) is 0 Å². The number of non-ortho nitro benzene ring substituents is 1. The number of aromatic hydroxyl groups is 1. The number of halogens is 1. The zero-order valence-electron chi connectivity index (χ0n) is 10.8. The summed E-state index contributed by atoms with van der Waals surface area (Å²) in [6, 6.07) is 8.34. The molecule has 20 heavy (non-hydrogen) atoms. The molecule has 0 heterocycles. The molecule has 0 saturated carbocycles. The summed E-state index contributed by atoms with van der Waals surface area (Å²) in [5.74, 6) is -0.489. The van der Waals surface area contributed by atoms with Gasteiger partial charge in [-0.3, -0.25) is 10.1 Å². The van der Waals surface area contributed by atoms with Gasteiger partial charge in [0.1, 0.15) is 11.6 Å². The first-order valence-electron chi connectivity index (χ1n) is 5.93. The van der Waals surface area contributed by atoms with Gasteiger partial charge in [-0.1, -0.05) is 17.7 Å². The summed E-state index contributed by atoms with van der Waals surface area (Å²) in [4.78, 5) is 10.1. The van der Waals surface area contributed by atoms with E-state index in [1.54, 1.807) is 18.2 Å². The van der Waals surface area contributed by atoms with Crippen molar-refractivity contribution in [2.75, 3.05) is 5.32 Å². The number of benzene rings is 2. The Bertz CT molecular complexity index is 659. The number of nitro benzene ring substituents is 1. The van der Waals surface area contributed by atoms with Crippen molar-refractivity contribution in [3.05, 3.63) is 63.5 Å². The van der Waals surface area contributed by atoms with Gasteiger partial charge < -0.3 is 10.4 Å². The van der Waals surface area contributed by atoms with E-state index in [0.29, 0.717) is 5.56 Å². The number of aryl methyl sites for hydroxylation is 1. The van der Waals surface area contributed by atoms with Crippen molar-refractivity contribution in [2.24, 2.45) is 0 Å². The van der Waals surface area contributed by atoms with Gasteiger partial charge in [0.15, 0.2) is 0 Å². The summed E-state index contributed by atoms with van der Waals surface area (Å²) in [6.45, 7) is 2.04. The number of nitrogens with one attached hydrogen (secondary N) is 1. The minimum Gasteiger partial charge on any atom is -0.508 e. The van der Waals surface area contributed by atoms with E-state index in [-0.39, 0.29) is 23.7 Å². The van der Waals surface area contributed by atoms with Crippen molar-refractivity contribution < 1.29 is 14.4 Å². The highest BCUT2D eigenvalue weighted by Crippen LogP contribution is 2.24. The van der Waals surface area contributed by atoms with Crippen LogP contribution in [0.3, 0.4) is 0 Å². The maximum Gasteiger partial charge on any atom is 0.271 e. The van der Waals surface area contributed by atoms with E-state index in [2.05, 4.69) is 5.32 Å². The third kappa shape index (κ3) is 3.03. The smallest absolute Gasteiger partial charge is 0.271 e. The highest BCUT2D eigenvalue weighted by molar-refractivity contribution is 5.53. The Morgan fingerprint density at radius 3 is 2.75 bits per heavy atom. The lowest BCUT2D eigenvalue weighted by molar-refractivity contribution is -0.384. The Morgan fingerprint density at radius 1 is 1.30 bits per heavy atom. The van der Waals surface area contributed by atoms with Crippen LogP contribution in [0.1, 0.15) is 11.1 Å². The molecule has 0 spiro atoms. The Morgan fingerprint density at radius 2 is 2.05 bits per heavy atom. The molecule has 2 N–H and O–H groups in total. The molecule has 5 nitrogen and oxygen atoms in total. The molecule has 2 aromatic rings. The zero-order chi connectivity index (χ0) is 14.7. The largest absolute Gasteiger partial charge is 0.508 e. The second-order valence-corrected chi connectivity index (χ2v) is 4.41. The summed E-state index contributed by atoms with van der Waals surface area (Å²) in [5.41, 5.74) is 1.39. The summed E-state index contributed by atoms with van der Waals surface area (Å²) >= 11 is 0. The van der Waals surface area contributed by atoms with Gasteiger partial charge in [0.25, 0.3) is 5.69 Å². The second kappa shape index (κ2) is 5.56. The van der Waals surface area contributed by atoms with Gasteiger partial charge in [0.05, 0.1) is 10.6 Å². The van der Waals surface area contributed by atoms with Crippen LogP contribution in [-0.2, 0) is 6.54 Å². The molecule has 0 aliphatic carbocycles. The standard InChI is InChI=1S/C14H13FN2O3/c1-9-2-5-14(18)10(6-9)8-16-13-7-11(17(19)20)3-4-12(13)15/h2-7,16,18H,8H2,1H3. The predicted molar refractivity (Wildman–Crippen MR) is 73.2 cm³/mol. The van der Waals surface area contributed by atoms with Crippen molar-refractivity contribution in [3.8, 4) is 5.75 Å². The Balaban J connectivity index is 2.20. The summed E-state index contributed by atoms with van der Waals surface area (Å²) in [5, 5.41) is 23.1. The quantitative estimate of drug-likeness (QED) is 0.663. The van der Waals surface area contributed by atoms with Gasteiger partial charge in [0, 0.05) is 24.2 Å². The molecule has 2 aromatic carbocycles. The summed E-state index contributed by atoms with van der Waals surface area (Å²) in [7, 11) is 0. The molecule has 0 atom stereocenters. The highest BCUT2D eigenvalue weighted by Gasteiger charge is 2.11. The van der Waals surface area contributed by atoms with E-state index in [1.165, 1.54) is 0 Å². The van der Waals surface area contributed by atoms with Crippen molar-refractivity contribution in [1.82, 2.24) is 0 Å². The minimum atomic E-state index is -0.589. The first-order valence-corrected chi connectivity index (χ1v) is 5.93. The van der Waals surface area contributed by atoms with Crippen LogP contribution >= 0.6 is 0 Å². The lowest BCUT2D eigenvalue weighted by Gasteiger charge is -2.09. The normalized spacial score (nSPS) is 10.3. The molecule has 104 valence electrons. The monoisotopic (exact) mass is 276 g/mol. The number of hydrogen-bond donors (Lipinski definition) is 2. The number of rotatable bonds is 4. The van der Waals surface area contributed by atoms with Crippen LogP contribution < -0.4 is 5.32 Å². The van der Waals surface area contributed by atoms with E-state index in [1.807, 2.05) is 6.92 Å². The molecule has 0 amide bonds. The van der Waals surface area contributed by atoms with Crippen LogP contribution in [0.2, 0.25) is 0 Å². The number of phenols is 1. The van der Waals surface area contributed by atoms with Crippen molar-refractivity contribution >= 4 is 11.4 Å². The van der Waals surface area contributed by atoms with E-state index in [0.717, 1.165) is 23.8 Å². The average molecular weight is 276 g/mol. The fourth-order valence-electron chi connectivity index (χ4n) is 1.81. The van der Waals surface area contributed by atoms with Crippen LogP contribution in [0, 0.1) is 22.9 Å². The van der Waals surface area contributed by atoms with E-state index >= 15 is 0 Å². The van der Waals surface area contributed by atoms with Crippen molar-refractivity contribution in [2.45, 2.75) is 13.5 Å². The first kappa shape index (κ1) is 13.8. The second-order valence-electron chi connectivity index (χ2n) is 4.41. The van der Waals surface area contributed by atoms with Gasteiger partial charge in [-0.15, -0.1) is 0 Å². The predicted octanol–water partition coefficient (Wildman–Crippen LogP) is 3.36. The van der Waals surface area contributed by atoms with E-state index in [4.69, 9.17) is 0 Å². The average Bonchev–Trinajstić information content (AvgIpc) is 2.41. The summed E-state index contributed by atoms with van der Waals surface area (Å²) in [6.07, 6.45) is 0. The Kier molecular flexibility index (Phi) is 3.84. The molecule has 0 saturated heterocycles. The number of nitrogens with zero attached hydrogens (tertiary/aromatic N) is 1. The molecular formula is C14H13FN2O3. The number of phenolic OH excluding ortho intramolecular Hbond substituents is 1. The lowest BCUT2D eigenvalue weighted by Crippen LogP contribution is -2.03. The van der Waals surface area contributed by atoms with Crippen molar-refractivity contribution in [3.63, 3.8) is 0 Å². The topological polar surface area (TPSA) is 75.4 Å². The number of hydrogen-bond acceptors (Lipinski definition) is 4. The molecule has 0 bridgehead atoms. The molecule has 0 fully saturated rings. The molecule has 2 rings (SSSR count).